The van der Waals surface area contributed by atoms with Crippen molar-refractivity contribution >= 4 is 17.8 Å². The van der Waals surface area contributed by atoms with Gasteiger partial charge in [-0.1, -0.05) is 6.92 Å². The largest absolute Gasteiger partial charge is 0.481 e. The Bertz CT molecular complexity index is 344. The van der Waals surface area contributed by atoms with Crippen LogP contribution in [0.15, 0.2) is 0 Å². The van der Waals surface area contributed by atoms with E-state index in [1.54, 1.807) is 6.92 Å². The predicted molar refractivity (Wildman–Crippen MR) is 58.7 cm³/mol. The molecule has 0 aromatic carbocycles. The van der Waals surface area contributed by atoms with Gasteiger partial charge in [0.1, 0.15) is 0 Å². The summed E-state index contributed by atoms with van der Waals surface area (Å²) in [5, 5.41) is 8.92. The molecule has 1 fully saturated rings. The molecule has 0 aromatic heterocycles. The molecule has 0 aliphatic carbocycles. The van der Waals surface area contributed by atoms with Crippen LogP contribution in [0, 0.1) is 11.8 Å². The van der Waals surface area contributed by atoms with Crippen LogP contribution in [-0.2, 0) is 14.4 Å². The Balaban J connectivity index is 2.61. The topological polar surface area (TPSA) is 127 Å². The predicted octanol–water partition coefficient (Wildman–Crippen LogP) is -1.63. The lowest BCUT2D eigenvalue weighted by Gasteiger charge is -2.19. The highest BCUT2D eigenvalue weighted by Gasteiger charge is 2.38. The monoisotopic (exact) mass is 243 g/mol. The molecule has 3 atom stereocenters. The molecular weight excluding hydrogens is 226 g/mol. The Hall–Kier alpha value is -1.63. The van der Waals surface area contributed by atoms with E-state index in [-0.39, 0.29) is 18.9 Å². The molecule has 1 rings (SSSR count). The number of hydrogen-bond acceptors (Lipinski definition) is 4. The second-order valence-electron chi connectivity index (χ2n) is 4.44. The molecule has 7 nitrogen and oxygen atoms in total. The molecule has 0 bridgehead atoms. The van der Waals surface area contributed by atoms with E-state index >= 15 is 0 Å². The third-order valence-electron chi connectivity index (χ3n) is 2.98. The van der Waals surface area contributed by atoms with Crippen molar-refractivity contribution in [1.82, 2.24) is 4.90 Å². The highest BCUT2D eigenvalue weighted by molar-refractivity contribution is 5.88. The van der Waals surface area contributed by atoms with E-state index in [1.807, 2.05) is 0 Å². The fraction of sp³-hybridized carbons (Fsp3) is 0.700. The molecule has 0 spiro atoms. The van der Waals surface area contributed by atoms with Gasteiger partial charge in [0.2, 0.25) is 11.8 Å². The van der Waals surface area contributed by atoms with Gasteiger partial charge in [0.05, 0.1) is 18.4 Å². The standard InChI is InChI=1S/C10H17N3O4/c1-5-3-13(4-6(5)10(16)17)9(15)7(11)2-8(12)14/h5-7H,2-4,11H2,1H3,(H2,12,14)(H,16,17). The van der Waals surface area contributed by atoms with Crippen LogP contribution in [-0.4, -0.2) is 46.9 Å². The van der Waals surface area contributed by atoms with Gasteiger partial charge in [0.15, 0.2) is 0 Å². The lowest BCUT2D eigenvalue weighted by atomic mass is 9.99. The number of aliphatic carboxylic acids is 1. The second-order valence-corrected chi connectivity index (χ2v) is 4.44. The number of primary amides is 1. The Labute approximate surface area is 98.7 Å². The van der Waals surface area contributed by atoms with E-state index in [0.717, 1.165) is 0 Å². The summed E-state index contributed by atoms with van der Waals surface area (Å²) in [7, 11) is 0. The Kier molecular flexibility index (Phi) is 4.06. The lowest BCUT2D eigenvalue weighted by molar-refractivity contribution is -0.142. The first-order valence-electron chi connectivity index (χ1n) is 5.38. The van der Waals surface area contributed by atoms with Crippen molar-refractivity contribution in [3.8, 4) is 0 Å². The van der Waals surface area contributed by atoms with Crippen LogP contribution in [0.25, 0.3) is 0 Å². The number of carboxylic acids is 1. The van der Waals surface area contributed by atoms with E-state index < -0.39 is 29.7 Å². The Morgan fingerprint density at radius 1 is 1.41 bits per heavy atom. The maximum Gasteiger partial charge on any atom is 0.308 e. The SMILES string of the molecule is CC1CN(C(=O)C(N)CC(N)=O)CC1C(=O)O. The quantitative estimate of drug-likeness (QED) is 0.546. The summed E-state index contributed by atoms with van der Waals surface area (Å²) in [6.45, 7) is 2.26. The zero-order valence-corrected chi connectivity index (χ0v) is 9.63. The third kappa shape index (κ3) is 3.16. The number of hydrogen-bond donors (Lipinski definition) is 3. The van der Waals surface area contributed by atoms with Gasteiger partial charge in [0.25, 0.3) is 0 Å². The van der Waals surface area contributed by atoms with Crippen molar-refractivity contribution in [2.45, 2.75) is 19.4 Å². The van der Waals surface area contributed by atoms with Gasteiger partial charge in [-0.15, -0.1) is 0 Å². The van der Waals surface area contributed by atoms with Gasteiger partial charge in [-0.25, -0.2) is 0 Å². The van der Waals surface area contributed by atoms with Gasteiger partial charge in [-0.3, -0.25) is 14.4 Å². The Morgan fingerprint density at radius 3 is 2.41 bits per heavy atom. The summed E-state index contributed by atoms with van der Waals surface area (Å²) in [5.74, 6) is -2.67. The molecule has 5 N–H and O–H groups in total. The molecule has 0 aromatic rings. The molecule has 96 valence electrons. The molecule has 3 unspecified atom stereocenters. The average molecular weight is 243 g/mol. The van der Waals surface area contributed by atoms with Gasteiger partial charge in [-0.2, -0.15) is 0 Å². The molecule has 1 saturated heterocycles. The molecule has 7 heteroatoms. The Morgan fingerprint density at radius 2 is 2.00 bits per heavy atom. The molecule has 2 amide bonds. The van der Waals surface area contributed by atoms with Crippen LogP contribution in [0.5, 0.6) is 0 Å². The minimum atomic E-state index is -0.979. The van der Waals surface area contributed by atoms with E-state index in [9.17, 15) is 14.4 Å². The average Bonchev–Trinajstić information content (AvgIpc) is 2.58. The third-order valence-corrected chi connectivity index (χ3v) is 2.98. The first-order chi connectivity index (χ1) is 7.82. The number of carbonyl (C=O) groups excluding carboxylic acids is 2. The summed E-state index contributed by atoms with van der Waals surface area (Å²) in [4.78, 5) is 34.7. The fourth-order valence-electron chi connectivity index (χ4n) is 2.01. The number of nitrogens with two attached hydrogens (primary N) is 2. The normalized spacial score (nSPS) is 25.6. The van der Waals surface area contributed by atoms with Gasteiger partial charge >= 0.3 is 5.97 Å². The maximum atomic E-state index is 11.8. The lowest BCUT2D eigenvalue weighted by Crippen LogP contribution is -2.45. The summed E-state index contributed by atoms with van der Waals surface area (Å²) in [6, 6.07) is -0.979. The number of nitrogens with zero attached hydrogens (tertiary/aromatic N) is 1. The highest BCUT2D eigenvalue weighted by Crippen LogP contribution is 2.23. The van der Waals surface area contributed by atoms with Crippen LogP contribution in [0.2, 0.25) is 0 Å². The van der Waals surface area contributed by atoms with E-state index in [1.165, 1.54) is 4.90 Å². The first-order valence-corrected chi connectivity index (χ1v) is 5.38. The van der Waals surface area contributed by atoms with Gasteiger partial charge < -0.3 is 21.5 Å². The molecular formula is C10H17N3O4. The number of carboxylic acid groups (broad SMARTS) is 1. The van der Waals surface area contributed by atoms with Crippen molar-refractivity contribution in [1.29, 1.82) is 0 Å². The van der Waals surface area contributed by atoms with Crippen LogP contribution < -0.4 is 11.5 Å². The first kappa shape index (κ1) is 13.4. The maximum absolute atomic E-state index is 11.8. The highest BCUT2D eigenvalue weighted by atomic mass is 16.4. The minimum Gasteiger partial charge on any atom is -0.481 e. The summed E-state index contributed by atoms with van der Waals surface area (Å²) >= 11 is 0. The molecule has 17 heavy (non-hydrogen) atoms. The van der Waals surface area contributed by atoms with E-state index in [4.69, 9.17) is 16.6 Å². The van der Waals surface area contributed by atoms with Crippen molar-refractivity contribution in [2.75, 3.05) is 13.1 Å². The van der Waals surface area contributed by atoms with Crippen LogP contribution in [0.3, 0.4) is 0 Å². The van der Waals surface area contributed by atoms with E-state index in [2.05, 4.69) is 0 Å². The zero-order valence-electron chi connectivity index (χ0n) is 9.63. The van der Waals surface area contributed by atoms with Crippen LogP contribution in [0.1, 0.15) is 13.3 Å². The summed E-state index contributed by atoms with van der Waals surface area (Å²) in [6.07, 6.45) is -0.221. The molecule has 1 aliphatic heterocycles. The zero-order chi connectivity index (χ0) is 13.2. The number of amides is 2. The molecule has 1 aliphatic rings. The van der Waals surface area contributed by atoms with Crippen molar-refractivity contribution < 1.29 is 19.5 Å². The van der Waals surface area contributed by atoms with Gasteiger partial charge in [-0.05, 0) is 5.92 Å². The molecule has 0 saturated carbocycles. The fourth-order valence-corrected chi connectivity index (χ4v) is 2.01. The van der Waals surface area contributed by atoms with Crippen molar-refractivity contribution in [3.05, 3.63) is 0 Å². The van der Waals surface area contributed by atoms with E-state index in [0.29, 0.717) is 6.54 Å². The minimum absolute atomic E-state index is 0.114. The van der Waals surface area contributed by atoms with Crippen LogP contribution >= 0.6 is 0 Å². The summed E-state index contributed by atoms with van der Waals surface area (Å²) in [5.41, 5.74) is 10.5. The number of likely N-dealkylation sites (tertiary alicyclic amines) is 1. The van der Waals surface area contributed by atoms with Crippen molar-refractivity contribution in [3.63, 3.8) is 0 Å². The summed E-state index contributed by atoms with van der Waals surface area (Å²) < 4.78 is 0. The molecule has 0 radical (unpaired) electrons. The second kappa shape index (κ2) is 5.13. The number of carbonyl (C=O) groups is 3. The van der Waals surface area contributed by atoms with Crippen molar-refractivity contribution in [2.24, 2.45) is 23.3 Å². The smallest absolute Gasteiger partial charge is 0.308 e. The number of rotatable bonds is 4. The molecule has 1 heterocycles. The van der Waals surface area contributed by atoms with Gasteiger partial charge in [0, 0.05) is 13.1 Å². The van der Waals surface area contributed by atoms with Crippen LogP contribution in [0.4, 0.5) is 0 Å².